The number of aromatic hydroxyl groups is 2. The summed E-state index contributed by atoms with van der Waals surface area (Å²) in [5.74, 6) is -4.09. The Labute approximate surface area is 245 Å². The van der Waals surface area contributed by atoms with E-state index in [9.17, 15) is 29.0 Å². The van der Waals surface area contributed by atoms with E-state index in [2.05, 4.69) is 5.32 Å². The molecule has 0 saturated carbocycles. The Morgan fingerprint density at radius 3 is 2.00 bits per heavy atom. The maximum absolute atomic E-state index is 15.0. The number of Topliss-reactive ketones (excluding diaryl/α,β-unsaturated/α-hetero) is 2. The van der Waals surface area contributed by atoms with Gasteiger partial charge in [-0.15, -0.1) is 0 Å². The van der Waals surface area contributed by atoms with Crippen LogP contribution in [-0.4, -0.2) is 58.8 Å². The van der Waals surface area contributed by atoms with Crippen molar-refractivity contribution >= 4 is 17.5 Å². The minimum absolute atomic E-state index is 0.0578. The fourth-order valence-electron chi connectivity index (χ4n) is 6.69. The van der Waals surface area contributed by atoms with Crippen molar-refractivity contribution in [3.05, 3.63) is 94.8 Å². The van der Waals surface area contributed by atoms with Gasteiger partial charge < -0.3 is 20.4 Å². The van der Waals surface area contributed by atoms with Gasteiger partial charge in [-0.05, 0) is 80.2 Å². The van der Waals surface area contributed by atoms with Gasteiger partial charge in [-0.3, -0.25) is 14.4 Å². The topological polar surface area (TPSA) is 107 Å². The van der Waals surface area contributed by atoms with Crippen LogP contribution in [0.15, 0.2) is 66.7 Å². The van der Waals surface area contributed by atoms with Gasteiger partial charge in [0.05, 0.1) is 0 Å². The van der Waals surface area contributed by atoms with Crippen molar-refractivity contribution in [2.24, 2.45) is 23.7 Å². The van der Waals surface area contributed by atoms with Crippen molar-refractivity contribution in [2.45, 2.75) is 32.6 Å². The number of piperidine rings is 2. The summed E-state index contributed by atoms with van der Waals surface area (Å²) >= 11 is 0. The molecule has 7 nitrogen and oxygen atoms in total. The highest BCUT2D eigenvalue weighted by Crippen LogP contribution is 2.43. The Bertz CT molecular complexity index is 1420. The van der Waals surface area contributed by atoms with Gasteiger partial charge in [-0.25, -0.2) is 4.39 Å². The van der Waals surface area contributed by atoms with Crippen molar-refractivity contribution < 1.29 is 29.0 Å². The number of ketones is 2. The molecule has 4 atom stereocenters. The van der Waals surface area contributed by atoms with E-state index < -0.39 is 23.6 Å². The number of carbonyl (C=O) groups excluding carboxylic acids is 3. The smallest absolute Gasteiger partial charge is 0.225 e. The Morgan fingerprint density at radius 2 is 1.48 bits per heavy atom. The average Bonchev–Trinajstić information content (AvgIpc) is 3.01. The first-order valence-electron chi connectivity index (χ1n) is 14.6. The molecule has 2 heterocycles. The summed E-state index contributed by atoms with van der Waals surface area (Å²) in [7, 11) is 0. The summed E-state index contributed by atoms with van der Waals surface area (Å²) in [4.78, 5) is 44.1. The molecule has 2 fully saturated rings. The van der Waals surface area contributed by atoms with E-state index in [0.29, 0.717) is 11.1 Å². The quantitative estimate of drug-likeness (QED) is 0.340. The van der Waals surface area contributed by atoms with E-state index in [1.54, 1.807) is 48.2 Å². The first kappa shape index (κ1) is 29.5. The number of rotatable bonds is 7. The summed E-state index contributed by atoms with van der Waals surface area (Å²) in [5, 5.41) is 23.7. The van der Waals surface area contributed by atoms with Crippen LogP contribution in [-0.2, 0) is 4.79 Å². The highest BCUT2D eigenvalue weighted by Gasteiger charge is 2.47. The fourth-order valence-corrected chi connectivity index (χ4v) is 6.69. The Balaban J connectivity index is 1.62. The summed E-state index contributed by atoms with van der Waals surface area (Å²) in [6.45, 7) is 5.29. The Kier molecular flexibility index (Phi) is 8.73. The van der Waals surface area contributed by atoms with Crippen LogP contribution in [0.1, 0.15) is 57.5 Å². The van der Waals surface area contributed by atoms with Gasteiger partial charge in [0.25, 0.3) is 0 Å². The van der Waals surface area contributed by atoms with Crippen LogP contribution in [0.25, 0.3) is 0 Å². The third-order valence-corrected chi connectivity index (χ3v) is 9.05. The molecule has 3 aromatic rings. The molecule has 5 rings (SSSR count). The highest BCUT2D eigenvalue weighted by molar-refractivity contribution is 6.03. The first-order valence-corrected chi connectivity index (χ1v) is 14.6. The van der Waals surface area contributed by atoms with Crippen molar-refractivity contribution in [1.29, 1.82) is 0 Å². The number of benzene rings is 3. The van der Waals surface area contributed by atoms with Crippen molar-refractivity contribution in [3.8, 4) is 11.5 Å². The predicted molar refractivity (Wildman–Crippen MR) is 157 cm³/mol. The Hall–Kier alpha value is -4.04. The van der Waals surface area contributed by atoms with Gasteiger partial charge in [0.2, 0.25) is 5.91 Å². The molecule has 42 heavy (non-hydrogen) atoms. The van der Waals surface area contributed by atoms with Crippen LogP contribution in [0.3, 0.4) is 0 Å². The molecular formula is C34H37FN2O5. The van der Waals surface area contributed by atoms with Gasteiger partial charge in [-0.1, -0.05) is 43.3 Å². The van der Waals surface area contributed by atoms with Crippen LogP contribution in [0.5, 0.6) is 11.5 Å². The zero-order valence-corrected chi connectivity index (χ0v) is 23.9. The zero-order valence-electron chi connectivity index (χ0n) is 23.9. The lowest BCUT2D eigenvalue weighted by molar-refractivity contribution is -0.139. The second-order valence-electron chi connectivity index (χ2n) is 11.7. The van der Waals surface area contributed by atoms with E-state index in [4.69, 9.17) is 0 Å². The molecule has 0 spiro atoms. The van der Waals surface area contributed by atoms with E-state index in [1.807, 2.05) is 6.92 Å². The van der Waals surface area contributed by atoms with Crippen molar-refractivity contribution in [2.75, 3.05) is 26.2 Å². The number of phenols is 2. The summed E-state index contributed by atoms with van der Waals surface area (Å²) in [6, 6.07) is 16.7. The average molecular weight is 573 g/mol. The molecule has 2 aliphatic rings. The zero-order chi connectivity index (χ0) is 30.0. The monoisotopic (exact) mass is 572 g/mol. The number of nitrogens with one attached hydrogen (secondary N) is 1. The van der Waals surface area contributed by atoms with E-state index >= 15 is 0 Å². The standard InChI is InChI=1S/C34H37FN2O5/c1-20(24-9-6-14-36-17-24)34(42)37-18-28(32(40)22-7-3-10-25(38)15-22)31(27-12-5-13-30(35)21(27)2)29(19-37)33(41)23-8-4-11-26(39)16-23/h3-5,7-8,10-13,15-16,20,24,28-29,31,36,38-39H,6,9,14,17-19H2,1-2H3/t20?,24?,28-,29-/m0/s1. The van der Waals surface area contributed by atoms with E-state index in [1.165, 1.54) is 30.3 Å². The van der Waals surface area contributed by atoms with E-state index in [-0.39, 0.29) is 65.0 Å². The van der Waals surface area contributed by atoms with Crippen LogP contribution in [0, 0.1) is 36.4 Å². The lowest BCUT2D eigenvalue weighted by Crippen LogP contribution is -2.54. The fraction of sp³-hybridized carbons (Fsp3) is 0.382. The van der Waals surface area contributed by atoms with Gasteiger partial charge >= 0.3 is 0 Å². The number of phenolic OH excluding ortho intramolecular Hbond substituents is 2. The molecule has 1 amide bonds. The molecule has 2 unspecified atom stereocenters. The second kappa shape index (κ2) is 12.4. The lowest BCUT2D eigenvalue weighted by Gasteiger charge is -2.45. The molecule has 3 aromatic carbocycles. The third-order valence-electron chi connectivity index (χ3n) is 9.05. The molecular weight excluding hydrogens is 535 g/mol. The molecule has 0 radical (unpaired) electrons. The maximum atomic E-state index is 15.0. The van der Waals surface area contributed by atoms with Gasteiger partial charge in [0, 0.05) is 47.9 Å². The molecule has 8 heteroatoms. The third kappa shape index (κ3) is 5.95. The molecule has 3 N–H and O–H groups in total. The highest BCUT2D eigenvalue weighted by atomic mass is 19.1. The second-order valence-corrected chi connectivity index (χ2v) is 11.7. The number of hydrogen-bond acceptors (Lipinski definition) is 6. The molecule has 0 aliphatic carbocycles. The van der Waals surface area contributed by atoms with Crippen LogP contribution in [0.2, 0.25) is 0 Å². The van der Waals surface area contributed by atoms with Crippen LogP contribution in [0.4, 0.5) is 4.39 Å². The van der Waals surface area contributed by atoms with Crippen LogP contribution >= 0.6 is 0 Å². The first-order chi connectivity index (χ1) is 20.2. The maximum Gasteiger partial charge on any atom is 0.225 e. The molecule has 2 aliphatic heterocycles. The molecule has 0 bridgehead atoms. The van der Waals surface area contributed by atoms with Crippen molar-refractivity contribution in [3.63, 3.8) is 0 Å². The number of amides is 1. The largest absolute Gasteiger partial charge is 0.508 e. The predicted octanol–water partition coefficient (Wildman–Crippen LogP) is 5.11. The van der Waals surface area contributed by atoms with Gasteiger partial charge in [-0.2, -0.15) is 0 Å². The van der Waals surface area contributed by atoms with Gasteiger partial charge in [0.15, 0.2) is 11.6 Å². The number of hydrogen-bond donors (Lipinski definition) is 3. The van der Waals surface area contributed by atoms with Crippen molar-refractivity contribution in [1.82, 2.24) is 10.2 Å². The van der Waals surface area contributed by atoms with Gasteiger partial charge in [0.1, 0.15) is 17.3 Å². The number of carbonyl (C=O) groups is 3. The normalized spacial score (nSPS) is 22.0. The lowest BCUT2D eigenvalue weighted by atomic mass is 9.67. The molecule has 2 saturated heterocycles. The summed E-state index contributed by atoms with van der Waals surface area (Å²) < 4.78 is 15.0. The Morgan fingerprint density at radius 1 is 0.905 bits per heavy atom. The summed E-state index contributed by atoms with van der Waals surface area (Å²) in [6.07, 6.45) is 1.89. The minimum Gasteiger partial charge on any atom is -0.508 e. The van der Waals surface area contributed by atoms with E-state index in [0.717, 1.165) is 25.9 Å². The number of nitrogens with zero attached hydrogens (tertiary/aromatic N) is 1. The molecule has 220 valence electrons. The van der Waals surface area contributed by atoms with Crippen LogP contribution < -0.4 is 5.32 Å². The number of halogens is 1. The summed E-state index contributed by atoms with van der Waals surface area (Å²) in [5.41, 5.74) is 1.37. The SMILES string of the molecule is Cc1c(F)cccc1C1[C@@H](C(=O)c2cccc(O)c2)CN(C(=O)C(C)C2CCCNC2)C[C@@H]1C(=O)c1cccc(O)c1. The number of likely N-dealkylation sites (tertiary alicyclic amines) is 1. The molecule has 0 aromatic heterocycles. The minimum atomic E-state index is -0.882.